The van der Waals surface area contributed by atoms with Crippen molar-refractivity contribution in [2.75, 3.05) is 6.54 Å². The molecule has 1 fully saturated rings. The number of H-pyrrole nitrogens is 1. The van der Waals surface area contributed by atoms with Crippen LogP contribution in [0.5, 0.6) is 0 Å². The highest BCUT2D eigenvalue weighted by molar-refractivity contribution is 5.99. The van der Waals surface area contributed by atoms with Gasteiger partial charge in [0.2, 0.25) is 11.7 Å². The van der Waals surface area contributed by atoms with Gasteiger partial charge < -0.3 is 14.4 Å². The number of hydrogen-bond donors (Lipinski definition) is 1. The van der Waals surface area contributed by atoms with Gasteiger partial charge in [-0.2, -0.15) is 4.98 Å². The van der Waals surface area contributed by atoms with Gasteiger partial charge in [0, 0.05) is 18.3 Å². The molecule has 5 rings (SSSR count). The van der Waals surface area contributed by atoms with E-state index in [4.69, 9.17) is 4.52 Å². The molecule has 2 aromatic heterocycles. The van der Waals surface area contributed by atoms with Crippen molar-refractivity contribution >= 4 is 12.0 Å². The van der Waals surface area contributed by atoms with Gasteiger partial charge in [-0.05, 0) is 43.0 Å². The Kier molecular flexibility index (Phi) is 3.70. The van der Waals surface area contributed by atoms with Crippen LogP contribution in [0.15, 0.2) is 47.1 Å². The number of piperidine rings is 1. The molecule has 2 atom stereocenters. The predicted molar refractivity (Wildman–Crippen MR) is 101 cm³/mol. The van der Waals surface area contributed by atoms with Crippen LogP contribution < -0.4 is 0 Å². The Bertz CT molecular complexity index is 1030. The lowest BCUT2D eigenvalue weighted by Crippen LogP contribution is -2.45. The minimum atomic E-state index is 0.0566. The molecule has 6 heteroatoms. The van der Waals surface area contributed by atoms with Crippen molar-refractivity contribution in [3.8, 4) is 11.5 Å². The Labute approximate surface area is 156 Å². The van der Waals surface area contributed by atoms with Crippen molar-refractivity contribution in [2.24, 2.45) is 0 Å². The number of benzene rings is 1. The number of aromatic amines is 1. The van der Waals surface area contributed by atoms with E-state index in [1.54, 1.807) is 0 Å². The van der Waals surface area contributed by atoms with Crippen LogP contribution in [0, 0.1) is 6.92 Å². The molecule has 4 heterocycles. The van der Waals surface area contributed by atoms with E-state index in [1.807, 2.05) is 48.4 Å². The number of aryl methyl sites for hydroxylation is 1. The van der Waals surface area contributed by atoms with E-state index in [-0.39, 0.29) is 17.9 Å². The number of nitrogens with one attached hydrogen (secondary N) is 1. The first-order valence-corrected chi connectivity index (χ1v) is 9.26. The molecule has 2 aliphatic heterocycles. The third-order valence-electron chi connectivity index (χ3n) is 5.44. The first-order chi connectivity index (χ1) is 13.2. The van der Waals surface area contributed by atoms with Crippen molar-refractivity contribution in [1.82, 2.24) is 20.0 Å². The molecule has 27 heavy (non-hydrogen) atoms. The number of rotatable bonds is 2. The van der Waals surface area contributed by atoms with Crippen LogP contribution in [0.25, 0.3) is 17.6 Å². The fourth-order valence-electron chi connectivity index (χ4n) is 3.98. The van der Waals surface area contributed by atoms with E-state index in [1.165, 1.54) is 0 Å². The molecule has 136 valence electrons. The van der Waals surface area contributed by atoms with Gasteiger partial charge in [0.1, 0.15) is 0 Å². The monoisotopic (exact) mass is 360 g/mol. The number of carbonyl (C=O) groups excluding carboxylic acids is 1. The zero-order valence-corrected chi connectivity index (χ0v) is 15.1. The quantitative estimate of drug-likeness (QED) is 0.754. The molecular formula is C21H20N4O2. The summed E-state index contributed by atoms with van der Waals surface area (Å²) in [5, 5.41) is 4.12. The normalized spacial score (nSPS) is 21.7. The Morgan fingerprint density at radius 2 is 2.15 bits per heavy atom. The maximum absolute atomic E-state index is 13.1. The molecule has 1 N–H and O–H groups in total. The Morgan fingerprint density at radius 3 is 3.00 bits per heavy atom. The van der Waals surface area contributed by atoms with E-state index in [9.17, 15) is 4.79 Å². The molecule has 6 nitrogen and oxygen atoms in total. The zero-order chi connectivity index (χ0) is 18.4. The average Bonchev–Trinajstić information content (AvgIpc) is 3.32. The number of hydrogen-bond acceptors (Lipinski definition) is 4. The lowest BCUT2D eigenvalue weighted by Gasteiger charge is -2.36. The summed E-state index contributed by atoms with van der Waals surface area (Å²) < 4.78 is 5.55. The zero-order valence-electron chi connectivity index (χ0n) is 15.1. The van der Waals surface area contributed by atoms with Crippen LogP contribution in [0.4, 0.5) is 0 Å². The standard InChI is InChI=1S/C21H20N4O2/c1-13-10-18(22-11-13)19-23-20(27-24-19)15-7-9-16-8-6-14-4-2-3-5-17(14)21(26)25(16)12-15/h2-6,8,10-11,15-16,22H,7,9,12H2,1H3. The van der Waals surface area contributed by atoms with Gasteiger partial charge >= 0.3 is 0 Å². The van der Waals surface area contributed by atoms with E-state index in [0.717, 1.165) is 35.2 Å². The van der Waals surface area contributed by atoms with Crippen molar-refractivity contribution < 1.29 is 9.32 Å². The fourth-order valence-corrected chi connectivity index (χ4v) is 3.98. The Balaban J connectivity index is 1.41. The highest BCUT2D eigenvalue weighted by atomic mass is 16.5. The third kappa shape index (κ3) is 2.77. The maximum atomic E-state index is 13.1. The Hall–Kier alpha value is -3.15. The second-order valence-electron chi connectivity index (χ2n) is 7.29. The number of nitrogens with zero attached hydrogens (tertiary/aromatic N) is 3. The summed E-state index contributed by atoms with van der Waals surface area (Å²) in [5.74, 6) is 1.30. The van der Waals surface area contributed by atoms with Crippen LogP contribution in [-0.2, 0) is 0 Å². The molecule has 3 aromatic rings. The second-order valence-corrected chi connectivity index (χ2v) is 7.29. The predicted octanol–water partition coefficient (Wildman–Crippen LogP) is 3.79. The fraction of sp³-hybridized carbons (Fsp3) is 0.286. The van der Waals surface area contributed by atoms with Gasteiger partial charge in [-0.1, -0.05) is 35.5 Å². The lowest BCUT2D eigenvalue weighted by atomic mass is 9.92. The Morgan fingerprint density at radius 1 is 1.26 bits per heavy atom. The summed E-state index contributed by atoms with van der Waals surface area (Å²) in [7, 11) is 0. The van der Waals surface area contributed by atoms with E-state index in [2.05, 4.69) is 27.3 Å². The van der Waals surface area contributed by atoms with E-state index >= 15 is 0 Å². The van der Waals surface area contributed by atoms with Crippen molar-refractivity contribution in [3.63, 3.8) is 0 Å². The van der Waals surface area contributed by atoms with Gasteiger partial charge in [0.15, 0.2) is 0 Å². The van der Waals surface area contributed by atoms with Crippen LogP contribution in [0.2, 0.25) is 0 Å². The second kappa shape index (κ2) is 6.23. The van der Waals surface area contributed by atoms with Gasteiger partial charge in [0.25, 0.3) is 5.91 Å². The van der Waals surface area contributed by atoms with Gasteiger partial charge in [-0.3, -0.25) is 4.79 Å². The largest absolute Gasteiger partial charge is 0.358 e. The highest BCUT2D eigenvalue weighted by Gasteiger charge is 2.35. The van der Waals surface area contributed by atoms with Gasteiger partial charge in [0.05, 0.1) is 17.7 Å². The maximum Gasteiger partial charge on any atom is 0.254 e. The number of aromatic nitrogens is 3. The summed E-state index contributed by atoms with van der Waals surface area (Å²) in [6, 6.07) is 9.87. The summed E-state index contributed by atoms with van der Waals surface area (Å²) in [5.41, 5.74) is 3.71. The molecule has 0 saturated carbocycles. The van der Waals surface area contributed by atoms with Crippen LogP contribution in [-0.4, -0.2) is 38.5 Å². The number of amides is 1. The van der Waals surface area contributed by atoms with Crippen molar-refractivity contribution in [3.05, 3.63) is 65.2 Å². The topological polar surface area (TPSA) is 75.0 Å². The van der Waals surface area contributed by atoms with Gasteiger partial charge in [-0.15, -0.1) is 0 Å². The molecular weight excluding hydrogens is 340 g/mol. The summed E-state index contributed by atoms with van der Waals surface area (Å²) >= 11 is 0. The minimum Gasteiger partial charge on any atom is -0.358 e. The first-order valence-electron chi connectivity index (χ1n) is 9.26. The van der Waals surface area contributed by atoms with Crippen LogP contribution in [0.3, 0.4) is 0 Å². The average molecular weight is 360 g/mol. The summed E-state index contributed by atoms with van der Waals surface area (Å²) in [6.07, 6.45) is 7.93. The molecule has 0 spiro atoms. The molecule has 2 unspecified atom stereocenters. The molecule has 1 amide bonds. The van der Waals surface area contributed by atoms with E-state index < -0.39 is 0 Å². The van der Waals surface area contributed by atoms with E-state index in [0.29, 0.717) is 18.3 Å². The highest BCUT2D eigenvalue weighted by Crippen LogP contribution is 2.34. The number of fused-ring (bicyclic) bond motifs is 2. The molecule has 2 aliphatic rings. The molecule has 0 radical (unpaired) electrons. The first kappa shape index (κ1) is 16.1. The minimum absolute atomic E-state index is 0.0566. The number of carbonyl (C=O) groups is 1. The molecule has 1 aromatic carbocycles. The summed E-state index contributed by atoms with van der Waals surface area (Å²) in [6.45, 7) is 2.60. The van der Waals surface area contributed by atoms with Crippen molar-refractivity contribution in [1.29, 1.82) is 0 Å². The SMILES string of the molecule is Cc1c[nH]c(-c2noc(C3CCC4C=Cc5ccccc5C(=O)N4C3)n2)c1. The molecule has 1 saturated heterocycles. The van der Waals surface area contributed by atoms with Crippen LogP contribution in [0.1, 0.15) is 46.1 Å². The molecule has 0 aliphatic carbocycles. The smallest absolute Gasteiger partial charge is 0.254 e. The van der Waals surface area contributed by atoms with Crippen molar-refractivity contribution in [2.45, 2.75) is 31.7 Å². The van der Waals surface area contributed by atoms with Crippen LogP contribution >= 0.6 is 0 Å². The lowest BCUT2D eigenvalue weighted by molar-refractivity contribution is 0.0630. The third-order valence-corrected chi connectivity index (χ3v) is 5.44. The van der Waals surface area contributed by atoms with Gasteiger partial charge in [-0.25, -0.2) is 0 Å². The summed E-state index contributed by atoms with van der Waals surface area (Å²) in [4.78, 5) is 22.8. The molecule has 0 bridgehead atoms.